The largest absolute Gasteiger partial charge is 0.444 e. The van der Waals surface area contributed by atoms with Crippen LogP contribution in [0.3, 0.4) is 0 Å². The number of hydrogen-bond acceptors (Lipinski definition) is 3. The maximum atomic E-state index is 12.3. The summed E-state index contributed by atoms with van der Waals surface area (Å²) in [6.07, 6.45) is 0.733. The molecule has 21 heavy (non-hydrogen) atoms. The molecule has 1 heterocycles. The van der Waals surface area contributed by atoms with Gasteiger partial charge in [-0.15, -0.1) is 0 Å². The highest BCUT2D eigenvalue weighted by atomic mass is 19.1. The Morgan fingerprint density at radius 1 is 1.19 bits per heavy atom. The summed E-state index contributed by atoms with van der Waals surface area (Å²) in [6, 6.07) is 12.2. The van der Waals surface area contributed by atoms with Gasteiger partial charge < -0.3 is 9.30 Å². The van der Waals surface area contributed by atoms with E-state index in [9.17, 15) is 14.0 Å². The predicted octanol–water partition coefficient (Wildman–Crippen LogP) is 2.57. The summed E-state index contributed by atoms with van der Waals surface area (Å²) in [6.45, 7) is -0.590. The fourth-order valence-corrected chi connectivity index (χ4v) is 1.77. The summed E-state index contributed by atoms with van der Waals surface area (Å²) >= 11 is 0. The van der Waals surface area contributed by atoms with Gasteiger partial charge in [0.05, 0.1) is 6.54 Å². The molecule has 0 unspecified atom stereocenters. The molecule has 1 aromatic heterocycles. The summed E-state index contributed by atoms with van der Waals surface area (Å²) in [4.78, 5) is 23.5. The zero-order chi connectivity index (χ0) is 15.1. The Kier molecular flexibility index (Phi) is 5.09. The van der Waals surface area contributed by atoms with Crippen LogP contribution in [0.25, 0.3) is 0 Å². The highest BCUT2D eigenvalue weighted by Gasteiger charge is 2.08. The van der Waals surface area contributed by atoms with E-state index in [4.69, 9.17) is 4.74 Å². The lowest BCUT2D eigenvalue weighted by Crippen LogP contribution is -2.26. The van der Waals surface area contributed by atoms with Crippen LogP contribution >= 0.6 is 0 Å². The Morgan fingerprint density at radius 3 is 2.67 bits per heavy atom. The van der Waals surface area contributed by atoms with Gasteiger partial charge in [0, 0.05) is 6.20 Å². The van der Waals surface area contributed by atoms with Crippen molar-refractivity contribution in [3.63, 3.8) is 0 Å². The van der Waals surface area contributed by atoms with Gasteiger partial charge in [0.1, 0.15) is 19.0 Å². The minimum absolute atomic E-state index is 0.0482. The van der Waals surface area contributed by atoms with Gasteiger partial charge in [-0.1, -0.05) is 30.3 Å². The fourth-order valence-electron chi connectivity index (χ4n) is 1.77. The van der Waals surface area contributed by atoms with Gasteiger partial charge in [-0.3, -0.25) is 10.1 Å². The van der Waals surface area contributed by atoms with Crippen molar-refractivity contribution in [2.75, 3.05) is 12.0 Å². The number of nitrogens with one attached hydrogen (secondary N) is 1. The number of pyridine rings is 1. The standard InChI is InChI=1S/C15H15FN2O3/c16-8-10-18-9-4-7-13(14(18)19)17-15(20)21-11-12-5-2-1-3-6-12/h1-7,9H,8,10-11H2,(H,17,20). The van der Waals surface area contributed by atoms with Crippen molar-refractivity contribution in [2.45, 2.75) is 13.2 Å². The lowest BCUT2D eigenvalue weighted by atomic mass is 10.2. The van der Waals surface area contributed by atoms with Crippen molar-refractivity contribution in [2.24, 2.45) is 0 Å². The molecule has 0 atom stereocenters. The Labute approximate surface area is 121 Å². The average molecular weight is 290 g/mol. The summed E-state index contributed by atoms with van der Waals surface area (Å²) in [5.41, 5.74) is 0.436. The van der Waals surface area contributed by atoms with Crippen molar-refractivity contribution in [1.82, 2.24) is 4.57 Å². The monoisotopic (exact) mass is 290 g/mol. The molecule has 5 nitrogen and oxygen atoms in total. The van der Waals surface area contributed by atoms with Crippen LogP contribution in [-0.4, -0.2) is 17.3 Å². The van der Waals surface area contributed by atoms with E-state index in [1.807, 2.05) is 30.3 Å². The Balaban J connectivity index is 1.97. The van der Waals surface area contributed by atoms with E-state index in [0.29, 0.717) is 0 Å². The third kappa shape index (κ3) is 4.17. The number of aromatic nitrogens is 1. The normalized spacial score (nSPS) is 10.1. The van der Waals surface area contributed by atoms with Crippen LogP contribution in [0, 0.1) is 0 Å². The number of nitrogens with zero attached hydrogens (tertiary/aromatic N) is 1. The SMILES string of the molecule is O=C(Nc1cccn(CCF)c1=O)OCc1ccccc1. The summed E-state index contributed by atoms with van der Waals surface area (Å²) in [5.74, 6) is 0. The van der Waals surface area contributed by atoms with Gasteiger partial charge in [-0.05, 0) is 17.7 Å². The Morgan fingerprint density at radius 2 is 1.95 bits per heavy atom. The molecule has 1 amide bonds. The van der Waals surface area contributed by atoms with Gasteiger partial charge in [0.25, 0.3) is 5.56 Å². The molecule has 1 aromatic carbocycles. The van der Waals surface area contributed by atoms with Crippen LogP contribution in [0.2, 0.25) is 0 Å². The topological polar surface area (TPSA) is 60.3 Å². The van der Waals surface area contributed by atoms with Crippen molar-refractivity contribution >= 4 is 11.8 Å². The number of rotatable bonds is 5. The molecule has 0 radical (unpaired) electrons. The van der Waals surface area contributed by atoms with Gasteiger partial charge in [0.15, 0.2) is 0 Å². The van der Waals surface area contributed by atoms with Gasteiger partial charge >= 0.3 is 6.09 Å². The Hall–Kier alpha value is -2.63. The maximum Gasteiger partial charge on any atom is 0.412 e. The van der Waals surface area contributed by atoms with Crippen LogP contribution in [-0.2, 0) is 17.9 Å². The minimum atomic E-state index is -0.728. The number of carbonyl (C=O) groups excluding carboxylic acids is 1. The van der Waals surface area contributed by atoms with Crippen LogP contribution in [0.15, 0.2) is 53.5 Å². The molecule has 0 aliphatic rings. The molecular weight excluding hydrogens is 275 g/mol. The minimum Gasteiger partial charge on any atom is -0.444 e. The molecule has 0 aliphatic carbocycles. The smallest absolute Gasteiger partial charge is 0.412 e. The number of benzene rings is 1. The third-order valence-electron chi connectivity index (χ3n) is 2.80. The van der Waals surface area contributed by atoms with E-state index >= 15 is 0 Å². The summed E-state index contributed by atoms with van der Waals surface area (Å²) < 4.78 is 18.5. The van der Waals surface area contributed by atoms with Crippen molar-refractivity contribution in [3.05, 3.63) is 64.6 Å². The molecular formula is C15H15FN2O3. The second kappa shape index (κ2) is 7.23. The first-order valence-electron chi connectivity index (χ1n) is 6.44. The molecule has 0 saturated carbocycles. The number of amides is 1. The van der Waals surface area contributed by atoms with E-state index in [0.717, 1.165) is 5.56 Å². The van der Waals surface area contributed by atoms with E-state index < -0.39 is 18.3 Å². The lowest BCUT2D eigenvalue weighted by molar-refractivity contribution is 0.155. The first-order chi connectivity index (χ1) is 10.2. The molecule has 0 saturated heterocycles. The van der Waals surface area contributed by atoms with E-state index in [1.54, 1.807) is 6.07 Å². The van der Waals surface area contributed by atoms with Crippen LogP contribution in [0.5, 0.6) is 0 Å². The van der Waals surface area contributed by atoms with E-state index in [-0.39, 0.29) is 18.8 Å². The number of alkyl halides is 1. The molecule has 2 rings (SSSR count). The van der Waals surface area contributed by atoms with Gasteiger partial charge in [-0.2, -0.15) is 0 Å². The van der Waals surface area contributed by atoms with Crippen molar-refractivity contribution in [3.8, 4) is 0 Å². The summed E-state index contributed by atoms with van der Waals surface area (Å²) in [5, 5.41) is 2.36. The average Bonchev–Trinajstić information content (AvgIpc) is 2.50. The van der Waals surface area contributed by atoms with Crippen LogP contribution in [0.4, 0.5) is 14.9 Å². The van der Waals surface area contributed by atoms with Crippen LogP contribution in [0.1, 0.15) is 5.56 Å². The van der Waals surface area contributed by atoms with Crippen molar-refractivity contribution < 1.29 is 13.9 Å². The third-order valence-corrected chi connectivity index (χ3v) is 2.80. The first-order valence-corrected chi connectivity index (χ1v) is 6.44. The van der Waals surface area contributed by atoms with Crippen molar-refractivity contribution in [1.29, 1.82) is 0 Å². The van der Waals surface area contributed by atoms with Gasteiger partial charge in [-0.25, -0.2) is 9.18 Å². The van der Waals surface area contributed by atoms with Crippen LogP contribution < -0.4 is 10.9 Å². The number of anilines is 1. The van der Waals surface area contributed by atoms with Gasteiger partial charge in [0.2, 0.25) is 0 Å². The maximum absolute atomic E-state index is 12.3. The molecule has 0 bridgehead atoms. The second-order valence-corrected chi connectivity index (χ2v) is 4.30. The Bertz CT molecular complexity index is 655. The zero-order valence-corrected chi connectivity index (χ0v) is 11.3. The fraction of sp³-hybridized carbons (Fsp3) is 0.200. The number of hydrogen-bond donors (Lipinski definition) is 1. The number of carbonyl (C=O) groups is 1. The molecule has 110 valence electrons. The molecule has 0 aliphatic heterocycles. The van der Waals surface area contributed by atoms with E-state index in [2.05, 4.69) is 5.32 Å². The predicted molar refractivity (Wildman–Crippen MR) is 76.9 cm³/mol. The summed E-state index contributed by atoms with van der Waals surface area (Å²) in [7, 11) is 0. The first kappa shape index (κ1) is 14.8. The van der Waals surface area contributed by atoms with E-state index in [1.165, 1.54) is 16.8 Å². The number of ether oxygens (including phenoxy) is 1. The number of halogens is 1. The quantitative estimate of drug-likeness (QED) is 0.920. The molecule has 1 N–H and O–H groups in total. The molecule has 0 fully saturated rings. The second-order valence-electron chi connectivity index (χ2n) is 4.30. The zero-order valence-electron chi connectivity index (χ0n) is 11.3. The highest BCUT2D eigenvalue weighted by molar-refractivity contribution is 5.84. The lowest BCUT2D eigenvalue weighted by Gasteiger charge is -2.08. The molecule has 2 aromatic rings. The number of aryl methyl sites for hydroxylation is 1. The highest BCUT2D eigenvalue weighted by Crippen LogP contribution is 2.03. The molecule has 6 heteroatoms. The molecule has 0 spiro atoms.